The van der Waals surface area contributed by atoms with Crippen LogP contribution in [0, 0.1) is 13.8 Å². The Bertz CT molecular complexity index is 875. The van der Waals surface area contributed by atoms with Crippen molar-refractivity contribution < 1.29 is 17.6 Å². The highest BCUT2D eigenvalue weighted by Crippen LogP contribution is 2.26. The molecule has 0 spiro atoms. The molecule has 0 bridgehead atoms. The quantitative estimate of drug-likeness (QED) is 0.705. The second kappa shape index (κ2) is 7.88. The molecule has 1 fully saturated rings. The summed E-state index contributed by atoms with van der Waals surface area (Å²) < 4.78 is 29.1. The Hall–Kier alpha value is -1.73. The maximum absolute atomic E-state index is 12.9. The Balaban J connectivity index is 1.71. The van der Waals surface area contributed by atoms with Gasteiger partial charge in [-0.2, -0.15) is 0 Å². The van der Waals surface area contributed by atoms with Gasteiger partial charge >= 0.3 is 0 Å². The number of aryl methyl sites for hydroxylation is 2. The molecule has 1 aliphatic rings. The molecule has 1 atom stereocenters. The molecule has 26 heavy (non-hydrogen) atoms. The molecule has 5 nitrogen and oxygen atoms in total. The average molecular weight is 394 g/mol. The molecule has 3 rings (SSSR count). The number of hydrogen-bond acceptors (Lipinski definition) is 5. The molecule has 7 heteroatoms. The number of thioether (sulfide) groups is 1. The minimum Gasteiger partial charge on any atom is -0.467 e. The lowest BCUT2D eigenvalue weighted by molar-refractivity contribution is -0.131. The van der Waals surface area contributed by atoms with Crippen molar-refractivity contribution in [1.82, 2.24) is 4.90 Å². The number of amides is 1. The molecule has 0 unspecified atom stereocenters. The Labute approximate surface area is 158 Å². The van der Waals surface area contributed by atoms with Gasteiger partial charge in [-0.25, -0.2) is 8.42 Å². The maximum atomic E-state index is 12.9. The van der Waals surface area contributed by atoms with Crippen LogP contribution in [0.5, 0.6) is 0 Å². The highest BCUT2D eigenvalue weighted by molar-refractivity contribution is 8.00. The summed E-state index contributed by atoms with van der Waals surface area (Å²) in [6, 6.07) is 9.45. The Morgan fingerprint density at radius 1 is 1.31 bits per heavy atom. The predicted molar refractivity (Wildman–Crippen MR) is 103 cm³/mol. The first-order valence-electron chi connectivity index (χ1n) is 8.56. The largest absolute Gasteiger partial charge is 0.467 e. The molecule has 2 aromatic rings. The fourth-order valence-electron chi connectivity index (χ4n) is 3.20. The number of furan rings is 1. The van der Waals surface area contributed by atoms with Gasteiger partial charge < -0.3 is 9.32 Å². The van der Waals surface area contributed by atoms with Crippen LogP contribution in [0.15, 0.2) is 45.9 Å². The lowest BCUT2D eigenvalue weighted by atomic mass is 10.2. The van der Waals surface area contributed by atoms with E-state index in [2.05, 4.69) is 6.07 Å². The molecule has 1 amide bonds. The van der Waals surface area contributed by atoms with Crippen molar-refractivity contribution in [1.29, 1.82) is 0 Å². The van der Waals surface area contributed by atoms with Crippen LogP contribution in [0.1, 0.15) is 23.3 Å². The number of nitrogens with zero attached hydrogens (tertiary/aromatic N) is 1. The van der Waals surface area contributed by atoms with Crippen molar-refractivity contribution >= 4 is 27.5 Å². The highest BCUT2D eigenvalue weighted by atomic mass is 32.2. The van der Waals surface area contributed by atoms with Gasteiger partial charge in [-0.15, -0.1) is 11.8 Å². The molecular formula is C19H23NO4S2. The van der Waals surface area contributed by atoms with Gasteiger partial charge in [0.1, 0.15) is 5.76 Å². The van der Waals surface area contributed by atoms with Gasteiger partial charge in [0.15, 0.2) is 9.84 Å². The predicted octanol–water partition coefficient (Wildman–Crippen LogP) is 3.20. The van der Waals surface area contributed by atoms with Crippen LogP contribution in [0.4, 0.5) is 0 Å². The summed E-state index contributed by atoms with van der Waals surface area (Å²) in [5.74, 6) is 1.06. The maximum Gasteiger partial charge on any atom is 0.233 e. The minimum absolute atomic E-state index is 0.0354. The van der Waals surface area contributed by atoms with Crippen LogP contribution < -0.4 is 0 Å². The minimum atomic E-state index is -3.06. The SMILES string of the molecule is Cc1ccc(SCC(=O)N(Cc2ccco2)[C@H]2CCS(=O)(=O)C2)c(C)c1. The molecule has 0 radical (unpaired) electrons. The molecule has 0 aliphatic carbocycles. The average Bonchev–Trinajstić information content (AvgIpc) is 3.20. The van der Waals surface area contributed by atoms with Gasteiger partial charge in [0.2, 0.25) is 5.91 Å². The van der Waals surface area contributed by atoms with Gasteiger partial charge in [0, 0.05) is 10.9 Å². The summed E-state index contributed by atoms with van der Waals surface area (Å²) in [5.41, 5.74) is 2.33. The summed E-state index contributed by atoms with van der Waals surface area (Å²) >= 11 is 1.49. The van der Waals surface area contributed by atoms with E-state index in [1.54, 1.807) is 23.3 Å². The fourth-order valence-corrected chi connectivity index (χ4v) is 5.82. The summed E-state index contributed by atoms with van der Waals surface area (Å²) in [5, 5.41) is 0. The van der Waals surface area contributed by atoms with E-state index in [-0.39, 0.29) is 29.2 Å². The van der Waals surface area contributed by atoms with Crippen molar-refractivity contribution in [2.45, 2.75) is 37.8 Å². The third kappa shape index (κ3) is 4.71. The van der Waals surface area contributed by atoms with Crippen LogP contribution in [0.3, 0.4) is 0 Å². The molecule has 140 valence electrons. The Morgan fingerprint density at radius 2 is 2.12 bits per heavy atom. The lowest BCUT2D eigenvalue weighted by Crippen LogP contribution is -2.41. The van der Waals surface area contributed by atoms with Crippen molar-refractivity contribution in [2.75, 3.05) is 17.3 Å². The van der Waals surface area contributed by atoms with E-state index in [0.29, 0.717) is 18.7 Å². The number of sulfone groups is 1. The van der Waals surface area contributed by atoms with E-state index in [9.17, 15) is 13.2 Å². The van der Waals surface area contributed by atoms with Crippen LogP contribution in [0.2, 0.25) is 0 Å². The van der Waals surface area contributed by atoms with Gasteiger partial charge in [0.05, 0.1) is 30.1 Å². The van der Waals surface area contributed by atoms with E-state index in [1.165, 1.54) is 17.3 Å². The van der Waals surface area contributed by atoms with E-state index in [4.69, 9.17) is 4.42 Å². The Morgan fingerprint density at radius 3 is 2.73 bits per heavy atom. The monoisotopic (exact) mass is 393 g/mol. The molecule has 1 aromatic heterocycles. The van der Waals surface area contributed by atoms with Crippen LogP contribution in [-0.4, -0.2) is 42.5 Å². The second-order valence-electron chi connectivity index (χ2n) is 6.72. The normalized spacial score (nSPS) is 18.8. The summed E-state index contributed by atoms with van der Waals surface area (Å²) in [6.07, 6.45) is 2.05. The molecule has 1 aromatic carbocycles. The molecular weight excluding hydrogens is 370 g/mol. The smallest absolute Gasteiger partial charge is 0.233 e. The molecule has 1 aliphatic heterocycles. The van der Waals surface area contributed by atoms with Gasteiger partial charge in [-0.05, 0) is 44.0 Å². The van der Waals surface area contributed by atoms with Gasteiger partial charge in [-0.1, -0.05) is 17.7 Å². The van der Waals surface area contributed by atoms with E-state index >= 15 is 0 Å². The number of carbonyl (C=O) groups excluding carboxylic acids is 1. The van der Waals surface area contributed by atoms with Crippen molar-refractivity contribution in [2.24, 2.45) is 0 Å². The second-order valence-corrected chi connectivity index (χ2v) is 9.96. The third-order valence-electron chi connectivity index (χ3n) is 4.56. The molecule has 0 saturated carbocycles. The summed E-state index contributed by atoms with van der Waals surface area (Å²) in [4.78, 5) is 15.6. The number of carbonyl (C=O) groups is 1. The van der Waals surface area contributed by atoms with Crippen molar-refractivity contribution in [3.05, 3.63) is 53.5 Å². The number of benzene rings is 1. The van der Waals surface area contributed by atoms with Crippen molar-refractivity contribution in [3.63, 3.8) is 0 Å². The molecule has 2 heterocycles. The van der Waals surface area contributed by atoms with E-state index in [1.807, 2.05) is 26.0 Å². The standard InChI is InChI=1S/C19H23NO4S2/c1-14-5-6-18(15(2)10-14)25-12-19(21)20(11-17-4-3-8-24-17)16-7-9-26(22,23)13-16/h3-6,8,10,16H,7,9,11-13H2,1-2H3/t16-/m0/s1. The summed E-state index contributed by atoms with van der Waals surface area (Å²) in [6.45, 7) is 4.38. The number of rotatable bonds is 6. The van der Waals surface area contributed by atoms with E-state index in [0.717, 1.165) is 10.5 Å². The number of hydrogen-bond donors (Lipinski definition) is 0. The van der Waals surface area contributed by atoms with Crippen LogP contribution in [-0.2, 0) is 21.2 Å². The first-order chi connectivity index (χ1) is 12.3. The van der Waals surface area contributed by atoms with Crippen LogP contribution in [0.25, 0.3) is 0 Å². The zero-order chi connectivity index (χ0) is 18.7. The van der Waals surface area contributed by atoms with Gasteiger partial charge in [-0.3, -0.25) is 4.79 Å². The third-order valence-corrected chi connectivity index (χ3v) is 7.47. The van der Waals surface area contributed by atoms with Crippen molar-refractivity contribution in [3.8, 4) is 0 Å². The topological polar surface area (TPSA) is 67.6 Å². The summed E-state index contributed by atoms with van der Waals surface area (Å²) in [7, 11) is -3.06. The first-order valence-corrected chi connectivity index (χ1v) is 11.4. The Kier molecular flexibility index (Phi) is 5.77. The highest BCUT2D eigenvalue weighted by Gasteiger charge is 2.35. The first kappa shape index (κ1) is 19.0. The molecule has 0 N–H and O–H groups in total. The fraction of sp³-hybridized carbons (Fsp3) is 0.421. The zero-order valence-electron chi connectivity index (χ0n) is 15.0. The van der Waals surface area contributed by atoms with Gasteiger partial charge in [0.25, 0.3) is 0 Å². The zero-order valence-corrected chi connectivity index (χ0v) is 16.6. The van der Waals surface area contributed by atoms with E-state index < -0.39 is 9.84 Å². The van der Waals surface area contributed by atoms with Crippen LogP contribution >= 0.6 is 11.8 Å². The lowest BCUT2D eigenvalue weighted by Gasteiger charge is -2.27. The molecule has 1 saturated heterocycles.